The van der Waals surface area contributed by atoms with Crippen LogP contribution < -0.4 is 9.47 Å². The monoisotopic (exact) mass is 369 g/mol. The van der Waals surface area contributed by atoms with Crippen molar-refractivity contribution in [3.63, 3.8) is 0 Å². The van der Waals surface area contributed by atoms with Crippen molar-refractivity contribution in [3.05, 3.63) is 40.3 Å². The molecule has 0 saturated carbocycles. The molecule has 4 fully saturated rings. The van der Waals surface area contributed by atoms with Crippen molar-refractivity contribution in [2.24, 2.45) is 5.92 Å². The summed E-state index contributed by atoms with van der Waals surface area (Å²) in [6, 6.07) is 7.86. The second-order valence-corrected chi connectivity index (χ2v) is 8.91. The van der Waals surface area contributed by atoms with E-state index in [4.69, 9.17) is 9.47 Å². The van der Waals surface area contributed by atoms with Gasteiger partial charge in [-0.15, -0.1) is 11.3 Å². The van der Waals surface area contributed by atoms with Gasteiger partial charge in [0.1, 0.15) is 5.01 Å². The highest BCUT2D eigenvalue weighted by Gasteiger charge is 2.53. The molecule has 2 aromatic rings. The first-order valence-electron chi connectivity index (χ1n) is 9.63. The molecule has 5 aliphatic heterocycles. The molecule has 6 heteroatoms. The zero-order chi connectivity index (χ0) is 17.1. The Hall–Kier alpha value is -1.63. The number of hydrogen-bond donors (Lipinski definition) is 0. The van der Waals surface area contributed by atoms with Crippen LogP contribution in [0, 0.1) is 5.92 Å². The molecule has 1 aromatic heterocycles. The summed E-state index contributed by atoms with van der Waals surface area (Å²) < 4.78 is 11.2. The Kier molecular flexibility index (Phi) is 3.53. The normalized spacial score (nSPS) is 35.0. The number of rotatable bonds is 3. The van der Waals surface area contributed by atoms with Crippen molar-refractivity contribution >= 4 is 11.3 Å². The molecule has 2 bridgehead atoms. The van der Waals surface area contributed by atoms with Crippen LogP contribution in [0.5, 0.6) is 11.5 Å². The summed E-state index contributed by atoms with van der Waals surface area (Å²) in [5.74, 6) is 3.17. The topological polar surface area (TPSA) is 37.8 Å². The average Bonchev–Trinajstić information content (AvgIpc) is 3.43. The third-order valence-corrected chi connectivity index (χ3v) is 7.50. The SMILES string of the molecule is c1csc(CN2C[C@@H](c3ccc4c(c3)OCO4)[C@@H]3[C@H]2C2CCN3CC2)n1. The molecule has 3 atom stereocenters. The van der Waals surface area contributed by atoms with Crippen LogP contribution in [0.1, 0.15) is 29.3 Å². The van der Waals surface area contributed by atoms with E-state index in [9.17, 15) is 0 Å². The fourth-order valence-electron chi connectivity index (χ4n) is 5.66. The van der Waals surface area contributed by atoms with Crippen LogP contribution in [0.25, 0.3) is 0 Å². The molecule has 0 unspecified atom stereocenters. The van der Waals surface area contributed by atoms with Crippen LogP contribution in [-0.4, -0.2) is 53.3 Å². The van der Waals surface area contributed by atoms with Gasteiger partial charge in [-0.05, 0) is 49.5 Å². The Morgan fingerprint density at radius 1 is 1.12 bits per heavy atom. The van der Waals surface area contributed by atoms with Gasteiger partial charge in [0.25, 0.3) is 0 Å². The minimum atomic E-state index is 0.347. The summed E-state index contributed by atoms with van der Waals surface area (Å²) in [5, 5.41) is 3.33. The predicted octanol–water partition coefficient (Wildman–Crippen LogP) is 2.93. The lowest BCUT2D eigenvalue weighted by Crippen LogP contribution is -2.59. The van der Waals surface area contributed by atoms with E-state index in [0.29, 0.717) is 24.8 Å². The molecule has 5 nitrogen and oxygen atoms in total. The number of likely N-dealkylation sites (tertiary alicyclic amines) is 1. The number of benzene rings is 1. The second-order valence-electron chi connectivity index (χ2n) is 7.93. The maximum absolute atomic E-state index is 5.65. The third-order valence-electron chi connectivity index (χ3n) is 6.74. The Morgan fingerprint density at radius 3 is 2.85 bits per heavy atom. The van der Waals surface area contributed by atoms with Crippen LogP contribution in [0.4, 0.5) is 0 Å². The number of aromatic nitrogens is 1. The largest absolute Gasteiger partial charge is 0.454 e. The van der Waals surface area contributed by atoms with Crippen molar-refractivity contribution in [2.45, 2.75) is 37.4 Å². The van der Waals surface area contributed by atoms with E-state index in [-0.39, 0.29) is 0 Å². The lowest BCUT2D eigenvalue weighted by Gasteiger charge is -2.51. The first-order valence-corrected chi connectivity index (χ1v) is 10.5. The van der Waals surface area contributed by atoms with E-state index in [1.54, 1.807) is 11.3 Å². The number of nitrogens with zero attached hydrogens (tertiary/aromatic N) is 3. The second kappa shape index (κ2) is 5.94. The van der Waals surface area contributed by atoms with E-state index in [0.717, 1.165) is 30.5 Å². The van der Waals surface area contributed by atoms with Crippen molar-refractivity contribution in [2.75, 3.05) is 26.4 Å². The van der Waals surface area contributed by atoms with E-state index < -0.39 is 0 Å². The quantitative estimate of drug-likeness (QED) is 0.832. The van der Waals surface area contributed by atoms with Crippen molar-refractivity contribution in [3.8, 4) is 11.5 Å². The maximum Gasteiger partial charge on any atom is 0.231 e. The number of ether oxygens (including phenoxy) is 2. The summed E-state index contributed by atoms with van der Waals surface area (Å²) >= 11 is 1.78. The highest BCUT2D eigenvalue weighted by Crippen LogP contribution is 2.48. The van der Waals surface area contributed by atoms with Crippen molar-refractivity contribution < 1.29 is 9.47 Å². The number of thiazole rings is 1. The summed E-state index contributed by atoms with van der Waals surface area (Å²) in [5.41, 5.74) is 1.40. The number of hydrogen-bond acceptors (Lipinski definition) is 6. The molecule has 0 radical (unpaired) electrons. The molecule has 4 saturated heterocycles. The van der Waals surface area contributed by atoms with Gasteiger partial charge in [0, 0.05) is 36.1 Å². The minimum absolute atomic E-state index is 0.347. The van der Waals surface area contributed by atoms with Gasteiger partial charge in [-0.1, -0.05) is 6.07 Å². The molecule has 6 heterocycles. The van der Waals surface area contributed by atoms with Crippen LogP contribution in [0.2, 0.25) is 0 Å². The van der Waals surface area contributed by atoms with Crippen LogP contribution in [0.15, 0.2) is 29.8 Å². The van der Waals surface area contributed by atoms with E-state index in [1.165, 1.54) is 36.5 Å². The van der Waals surface area contributed by atoms with Gasteiger partial charge in [0.15, 0.2) is 11.5 Å². The lowest BCUT2D eigenvalue weighted by atomic mass is 9.75. The molecule has 1 aromatic carbocycles. The Morgan fingerprint density at radius 2 is 2.00 bits per heavy atom. The van der Waals surface area contributed by atoms with Gasteiger partial charge in [-0.2, -0.15) is 0 Å². The summed E-state index contributed by atoms with van der Waals surface area (Å²) in [6.45, 7) is 4.97. The molecule has 136 valence electrons. The predicted molar refractivity (Wildman–Crippen MR) is 99.7 cm³/mol. The van der Waals surface area contributed by atoms with Crippen LogP contribution in [0.3, 0.4) is 0 Å². The first-order chi connectivity index (χ1) is 12.9. The fourth-order valence-corrected chi connectivity index (χ4v) is 6.30. The van der Waals surface area contributed by atoms with Gasteiger partial charge in [-0.3, -0.25) is 9.80 Å². The Labute approximate surface area is 157 Å². The molecular formula is C20H23N3O2S. The minimum Gasteiger partial charge on any atom is -0.454 e. The van der Waals surface area contributed by atoms with E-state index in [1.807, 2.05) is 6.20 Å². The van der Waals surface area contributed by atoms with Gasteiger partial charge in [0.2, 0.25) is 6.79 Å². The molecule has 0 aliphatic carbocycles. The molecule has 0 amide bonds. The fraction of sp³-hybridized carbons (Fsp3) is 0.550. The summed E-state index contributed by atoms with van der Waals surface area (Å²) in [7, 11) is 0. The molecule has 0 N–H and O–H groups in total. The highest BCUT2D eigenvalue weighted by molar-refractivity contribution is 7.09. The van der Waals surface area contributed by atoms with Gasteiger partial charge in [-0.25, -0.2) is 4.98 Å². The smallest absolute Gasteiger partial charge is 0.231 e. The summed E-state index contributed by atoms with van der Waals surface area (Å²) in [6.07, 6.45) is 4.63. The molecule has 7 rings (SSSR count). The van der Waals surface area contributed by atoms with Gasteiger partial charge in [0.05, 0.1) is 6.54 Å². The molecule has 26 heavy (non-hydrogen) atoms. The first kappa shape index (κ1) is 15.4. The zero-order valence-electron chi connectivity index (χ0n) is 14.7. The zero-order valence-corrected chi connectivity index (χ0v) is 15.5. The van der Waals surface area contributed by atoms with E-state index >= 15 is 0 Å². The highest BCUT2D eigenvalue weighted by atomic mass is 32.1. The maximum atomic E-state index is 5.65. The van der Waals surface area contributed by atoms with Crippen LogP contribution in [-0.2, 0) is 6.54 Å². The average molecular weight is 369 g/mol. The number of fused-ring (bicyclic) bond motifs is 3. The molecule has 0 spiro atoms. The molecular weight excluding hydrogens is 346 g/mol. The van der Waals surface area contributed by atoms with E-state index in [2.05, 4.69) is 38.4 Å². The summed E-state index contributed by atoms with van der Waals surface area (Å²) in [4.78, 5) is 10.0. The standard InChI is InChI=1S/C20H23N3O2S/c1-2-16-17(25-12-24-16)9-14(1)15-10-23(11-18-21-5-8-26-18)19-13-3-6-22(7-4-13)20(15)19/h1-2,5,8-9,13,15,19-20H,3-4,6-7,10-12H2/t15-,19+,20+/m0/s1. The van der Waals surface area contributed by atoms with Gasteiger partial charge >= 0.3 is 0 Å². The third kappa shape index (κ3) is 2.32. The lowest BCUT2D eigenvalue weighted by molar-refractivity contribution is -0.00870. The number of piperidine rings is 3. The molecule has 5 aliphatic rings. The van der Waals surface area contributed by atoms with Crippen LogP contribution >= 0.6 is 11.3 Å². The van der Waals surface area contributed by atoms with Crippen molar-refractivity contribution in [1.29, 1.82) is 0 Å². The van der Waals surface area contributed by atoms with Crippen molar-refractivity contribution in [1.82, 2.24) is 14.8 Å². The Balaban J connectivity index is 1.36. The Bertz CT molecular complexity index is 803. The van der Waals surface area contributed by atoms with Gasteiger partial charge < -0.3 is 9.47 Å².